The molecule has 4 amide bonds. The fourth-order valence-electron chi connectivity index (χ4n) is 3.77. The number of primary amides is 1. The molecule has 0 aromatic heterocycles. The molecule has 3 atom stereocenters. The van der Waals surface area contributed by atoms with E-state index in [0.717, 1.165) is 5.56 Å². The van der Waals surface area contributed by atoms with Crippen LogP contribution in [-0.4, -0.2) is 54.5 Å². The van der Waals surface area contributed by atoms with Crippen molar-refractivity contribution in [2.75, 3.05) is 6.61 Å². The molecule has 0 aliphatic rings. The number of amides is 4. The van der Waals surface area contributed by atoms with Crippen molar-refractivity contribution in [1.29, 1.82) is 0 Å². The van der Waals surface area contributed by atoms with Crippen molar-refractivity contribution in [2.45, 2.75) is 85.0 Å². The number of benzene rings is 1. The van der Waals surface area contributed by atoms with E-state index in [1.165, 1.54) is 12.2 Å². The summed E-state index contributed by atoms with van der Waals surface area (Å²) >= 11 is 0. The highest BCUT2D eigenvalue weighted by atomic mass is 16.5. The van der Waals surface area contributed by atoms with E-state index >= 15 is 0 Å². The predicted molar refractivity (Wildman–Crippen MR) is 151 cm³/mol. The van der Waals surface area contributed by atoms with Gasteiger partial charge in [0.05, 0.1) is 6.61 Å². The van der Waals surface area contributed by atoms with E-state index < -0.39 is 47.9 Å². The summed E-state index contributed by atoms with van der Waals surface area (Å²) in [6.07, 6.45) is 2.63. The van der Waals surface area contributed by atoms with Crippen LogP contribution in [0.15, 0.2) is 42.5 Å². The van der Waals surface area contributed by atoms with Crippen molar-refractivity contribution >= 4 is 29.8 Å². The van der Waals surface area contributed by atoms with Crippen LogP contribution < -0.4 is 21.7 Å². The van der Waals surface area contributed by atoms with Crippen LogP contribution in [0.5, 0.6) is 0 Å². The molecule has 0 unspecified atom stereocenters. The molecule has 0 radical (unpaired) electrons. The van der Waals surface area contributed by atoms with E-state index in [9.17, 15) is 24.0 Å². The van der Waals surface area contributed by atoms with E-state index in [-0.39, 0.29) is 37.9 Å². The minimum Gasteiger partial charge on any atom is -0.463 e. The van der Waals surface area contributed by atoms with Crippen molar-refractivity contribution in [3.63, 3.8) is 0 Å². The van der Waals surface area contributed by atoms with Gasteiger partial charge in [-0.2, -0.15) is 0 Å². The number of hydrogen-bond donors (Lipinski definition) is 4. The SMILES string of the molecule is CCOC(=O)/C=C/[C@H](CCC(N)=O)NC(=O)[C@H](CC(C)C)NC(=O)[C@H](CC(C)C)NC(=O)OCc1ccccc1. The summed E-state index contributed by atoms with van der Waals surface area (Å²) in [5, 5.41) is 8.15. The van der Waals surface area contributed by atoms with Gasteiger partial charge in [-0.25, -0.2) is 9.59 Å². The van der Waals surface area contributed by atoms with Crippen LogP contribution in [0.4, 0.5) is 4.79 Å². The Morgan fingerprint density at radius 2 is 1.43 bits per heavy atom. The first-order valence-corrected chi connectivity index (χ1v) is 13.6. The van der Waals surface area contributed by atoms with Crippen LogP contribution in [-0.2, 0) is 35.3 Å². The van der Waals surface area contributed by atoms with Crippen molar-refractivity contribution in [2.24, 2.45) is 17.6 Å². The Kier molecular flexibility index (Phi) is 15.7. The lowest BCUT2D eigenvalue weighted by molar-refractivity contribution is -0.137. The number of nitrogens with two attached hydrogens (primary N) is 1. The third-order valence-corrected chi connectivity index (χ3v) is 5.65. The van der Waals surface area contributed by atoms with Gasteiger partial charge in [-0.05, 0) is 43.6 Å². The highest BCUT2D eigenvalue weighted by Crippen LogP contribution is 2.11. The summed E-state index contributed by atoms with van der Waals surface area (Å²) < 4.78 is 10.2. The molecule has 0 aliphatic carbocycles. The van der Waals surface area contributed by atoms with E-state index in [0.29, 0.717) is 12.8 Å². The van der Waals surface area contributed by atoms with Gasteiger partial charge in [0.1, 0.15) is 18.7 Å². The van der Waals surface area contributed by atoms with Crippen molar-refractivity contribution in [3.05, 3.63) is 48.0 Å². The smallest absolute Gasteiger partial charge is 0.408 e. The standard InChI is InChI=1S/C29H44N4O7/c1-6-39-26(35)15-13-22(12-14-25(30)34)31-27(36)23(16-19(2)3)32-28(37)24(17-20(4)5)33-29(38)40-18-21-10-8-7-9-11-21/h7-11,13,15,19-20,22-24H,6,12,14,16-18H2,1-5H3,(H2,30,34)(H,31,36)(H,32,37)(H,33,38)/b15-13+/t22-,23-,24-/m0/s1. The van der Waals surface area contributed by atoms with E-state index in [2.05, 4.69) is 16.0 Å². The minimum atomic E-state index is -0.934. The van der Waals surface area contributed by atoms with Crippen LogP contribution in [0, 0.1) is 11.8 Å². The van der Waals surface area contributed by atoms with Gasteiger partial charge in [0.25, 0.3) is 0 Å². The summed E-state index contributed by atoms with van der Waals surface area (Å²) in [5.74, 6) is -2.06. The van der Waals surface area contributed by atoms with Gasteiger partial charge < -0.3 is 31.2 Å². The van der Waals surface area contributed by atoms with Gasteiger partial charge in [0.2, 0.25) is 17.7 Å². The number of rotatable bonds is 17. The van der Waals surface area contributed by atoms with Crippen molar-refractivity contribution in [1.82, 2.24) is 16.0 Å². The second-order valence-electron chi connectivity index (χ2n) is 10.3. The molecule has 0 aliphatic heterocycles. The molecule has 0 spiro atoms. The maximum atomic E-state index is 13.3. The number of esters is 1. The lowest BCUT2D eigenvalue weighted by atomic mass is 9.99. The van der Waals surface area contributed by atoms with Crippen LogP contribution >= 0.6 is 0 Å². The van der Waals surface area contributed by atoms with E-state index in [1.807, 2.05) is 58.0 Å². The molecule has 1 aromatic carbocycles. The Morgan fingerprint density at radius 3 is 1.98 bits per heavy atom. The molecule has 1 rings (SSSR count). The summed E-state index contributed by atoms with van der Waals surface area (Å²) in [5.41, 5.74) is 6.07. The van der Waals surface area contributed by atoms with Gasteiger partial charge in [0, 0.05) is 18.5 Å². The second-order valence-corrected chi connectivity index (χ2v) is 10.3. The second kappa shape index (κ2) is 18.4. The summed E-state index contributed by atoms with van der Waals surface area (Å²) in [6, 6.07) is 6.59. The zero-order valence-electron chi connectivity index (χ0n) is 24.1. The number of hydrogen-bond acceptors (Lipinski definition) is 7. The minimum absolute atomic E-state index is 0.0230. The molecule has 222 valence electrons. The van der Waals surface area contributed by atoms with E-state index in [1.54, 1.807) is 6.92 Å². The molecule has 0 bridgehead atoms. The molecular formula is C29H44N4O7. The number of ether oxygens (including phenoxy) is 2. The quantitative estimate of drug-likeness (QED) is 0.168. The normalized spacial score (nSPS) is 13.4. The molecule has 11 nitrogen and oxygen atoms in total. The summed E-state index contributed by atoms with van der Waals surface area (Å²) in [4.78, 5) is 62.1. The lowest BCUT2D eigenvalue weighted by Gasteiger charge is -2.26. The van der Waals surface area contributed by atoms with Crippen LogP contribution in [0.1, 0.15) is 65.9 Å². The van der Waals surface area contributed by atoms with Gasteiger partial charge >= 0.3 is 12.1 Å². The third kappa shape index (κ3) is 14.9. The first kappa shape index (κ1) is 34.1. The first-order valence-electron chi connectivity index (χ1n) is 13.6. The monoisotopic (exact) mass is 560 g/mol. The Labute approximate surface area is 236 Å². The van der Waals surface area contributed by atoms with Gasteiger partial charge in [-0.3, -0.25) is 14.4 Å². The Hall–Kier alpha value is -3.89. The number of carbonyl (C=O) groups excluding carboxylic acids is 5. The number of nitrogens with one attached hydrogen (secondary N) is 3. The van der Waals surface area contributed by atoms with Crippen LogP contribution in [0.3, 0.4) is 0 Å². The molecule has 40 heavy (non-hydrogen) atoms. The average molecular weight is 561 g/mol. The summed E-state index contributed by atoms with van der Waals surface area (Å²) in [6.45, 7) is 9.54. The molecule has 0 saturated carbocycles. The third-order valence-electron chi connectivity index (χ3n) is 5.65. The maximum absolute atomic E-state index is 13.3. The fraction of sp³-hybridized carbons (Fsp3) is 0.552. The molecule has 0 saturated heterocycles. The average Bonchev–Trinajstić information content (AvgIpc) is 2.88. The fourth-order valence-corrected chi connectivity index (χ4v) is 3.77. The largest absolute Gasteiger partial charge is 0.463 e. The topological polar surface area (TPSA) is 166 Å². The molecule has 5 N–H and O–H groups in total. The Morgan fingerprint density at radius 1 is 0.850 bits per heavy atom. The van der Waals surface area contributed by atoms with Crippen LogP contribution in [0.25, 0.3) is 0 Å². The van der Waals surface area contributed by atoms with Gasteiger partial charge in [0.15, 0.2) is 0 Å². The number of alkyl carbamates (subject to hydrolysis) is 1. The van der Waals surface area contributed by atoms with Gasteiger partial charge in [-0.1, -0.05) is 64.1 Å². The molecular weight excluding hydrogens is 516 g/mol. The molecule has 0 heterocycles. The lowest BCUT2D eigenvalue weighted by Crippen LogP contribution is -2.55. The zero-order valence-corrected chi connectivity index (χ0v) is 24.1. The molecule has 1 aromatic rings. The van der Waals surface area contributed by atoms with Gasteiger partial charge in [-0.15, -0.1) is 0 Å². The number of carbonyl (C=O) groups is 5. The maximum Gasteiger partial charge on any atom is 0.408 e. The van der Waals surface area contributed by atoms with Crippen molar-refractivity contribution < 1.29 is 33.4 Å². The highest BCUT2D eigenvalue weighted by Gasteiger charge is 2.29. The first-order chi connectivity index (χ1) is 18.9. The Bertz CT molecular complexity index is 995. The van der Waals surface area contributed by atoms with Crippen LogP contribution in [0.2, 0.25) is 0 Å². The van der Waals surface area contributed by atoms with E-state index in [4.69, 9.17) is 15.2 Å². The Balaban J connectivity index is 2.97. The van der Waals surface area contributed by atoms with Crippen molar-refractivity contribution in [3.8, 4) is 0 Å². The summed E-state index contributed by atoms with van der Waals surface area (Å²) in [7, 11) is 0. The highest BCUT2D eigenvalue weighted by molar-refractivity contribution is 5.91. The predicted octanol–water partition coefficient (Wildman–Crippen LogP) is 2.73. The molecule has 0 fully saturated rings. The molecule has 11 heteroatoms. The zero-order chi connectivity index (χ0) is 30.1.